The van der Waals surface area contributed by atoms with Gasteiger partial charge in [-0.05, 0) is 43.7 Å². The van der Waals surface area contributed by atoms with E-state index in [2.05, 4.69) is 4.98 Å². The molecule has 1 unspecified atom stereocenters. The van der Waals surface area contributed by atoms with Crippen molar-refractivity contribution < 1.29 is 27.4 Å². The molecule has 0 aliphatic rings. The Balaban J connectivity index is 2.19. The van der Waals surface area contributed by atoms with Crippen LogP contribution in [0, 0.1) is 0 Å². The molecule has 0 saturated carbocycles. The first kappa shape index (κ1) is 23.6. The van der Waals surface area contributed by atoms with Gasteiger partial charge in [-0.2, -0.15) is 13.2 Å². The lowest BCUT2D eigenvalue weighted by molar-refractivity contribution is -0.143. The molecule has 0 aliphatic carbocycles. The molecular formula is C24H21ClF3NO3. The van der Waals surface area contributed by atoms with Gasteiger partial charge < -0.3 is 9.47 Å². The lowest BCUT2D eigenvalue weighted by Crippen LogP contribution is -2.27. The van der Waals surface area contributed by atoms with E-state index in [4.69, 9.17) is 21.1 Å². The van der Waals surface area contributed by atoms with Crippen molar-refractivity contribution in [2.45, 2.75) is 37.7 Å². The number of pyridine rings is 1. The Hall–Kier alpha value is -3.06. The summed E-state index contributed by atoms with van der Waals surface area (Å²) >= 11 is 6.44. The van der Waals surface area contributed by atoms with Crippen molar-refractivity contribution in [2.24, 2.45) is 0 Å². The van der Waals surface area contributed by atoms with Crippen molar-refractivity contribution in [1.82, 2.24) is 4.98 Å². The number of ether oxygens (including phenoxy) is 2. The summed E-state index contributed by atoms with van der Waals surface area (Å²) in [5, 5.41) is 0. The van der Waals surface area contributed by atoms with Crippen molar-refractivity contribution in [3.8, 4) is 17.4 Å². The van der Waals surface area contributed by atoms with E-state index in [0.29, 0.717) is 5.75 Å². The SMILES string of the molecule is CC(=O)Oc1cccc(C(C)(C)Cl)c1C(c1cccc(Oc2ccccc2)n1)C(F)(F)F. The Kier molecular flexibility index (Phi) is 6.79. The Bertz CT molecular complexity index is 1100. The molecule has 8 heteroatoms. The number of carbonyl (C=O) groups is 1. The van der Waals surface area contributed by atoms with E-state index < -0.39 is 22.9 Å². The highest BCUT2D eigenvalue weighted by molar-refractivity contribution is 6.23. The fourth-order valence-electron chi connectivity index (χ4n) is 3.34. The zero-order valence-electron chi connectivity index (χ0n) is 17.6. The summed E-state index contributed by atoms with van der Waals surface area (Å²) in [5.41, 5.74) is -0.399. The number of carbonyl (C=O) groups excluding carboxylic acids is 1. The number of rotatable bonds is 6. The van der Waals surface area contributed by atoms with E-state index in [9.17, 15) is 18.0 Å². The van der Waals surface area contributed by atoms with Gasteiger partial charge in [-0.1, -0.05) is 36.4 Å². The van der Waals surface area contributed by atoms with Gasteiger partial charge in [0.05, 0.1) is 10.6 Å². The molecule has 2 aromatic carbocycles. The molecule has 4 nitrogen and oxygen atoms in total. The molecule has 0 radical (unpaired) electrons. The Morgan fingerprint density at radius 1 is 0.969 bits per heavy atom. The third-order valence-corrected chi connectivity index (χ3v) is 4.79. The number of nitrogens with zero attached hydrogens (tertiary/aromatic N) is 1. The zero-order valence-corrected chi connectivity index (χ0v) is 18.4. The van der Waals surface area contributed by atoms with Crippen LogP contribution in [0.1, 0.15) is 43.5 Å². The summed E-state index contributed by atoms with van der Waals surface area (Å²) < 4.78 is 54.2. The molecular weight excluding hydrogens is 443 g/mol. The summed E-state index contributed by atoms with van der Waals surface area (Å²) in [6.45, 7) is 4.26. The molecule has 3 rings (SSSR count). The lowest BCUT2D eigenvalue weighted by Gasteiger charge is -2.29. The molecule has 0 saturated heterocycles. The predicted molar refractivity (Wildman–Crippen MR) is 115 cm³/mol. The van der Waals surface area contributed by atoms with Crippen molar-refractivity contribution in [2.75, 3.05) is 0 Å². The first-order valence-electron chi connectivity index (χ1n) is 9.74. The molecule has 1 heterocycles. The van der Waals surface area contributed by atoms with Gasteiger partial charge in [0.25, 0.3) is 0 Å². The number of hydrogen-bond acceptors (Lipinski definition) is 4. The maximum absolute atomic E-state index is 14.5. The zero-order chi connectivity index (χ0) is 23.5. The molecule has 0 N–H and O–H groups in total. The Morgan fingerprint density at radius 2 is 1.62 bits per heavy atom. The van der Waals surface area contributed by atoms with E-state index >= 15 is 0 Å². The van der Waals surface area contributed by atoms with Crippen LogP contribution < -0.4 is 9.47 Å². The fraction of sp³-hybridized carbons (Fsp3) is 0.250. The maximum atomic E-state index is 14.5. The van der Waals surface area contributed by atoms with Crippen LogP contribution in [0.2, 0.25) is 0 Å². The number of aromatic nitrogens is 1. The third kappa shape index (κ3) is 5.59. The van der Waals surface area contributed by atoms with E-state index in [1.54, 1.807) is 44.2 Å². The third-order valence-electron chi connectivity index (χ3n) is 4.58. The normalized spacial score (nSPS) is 12.8. The van der Waals surface area contributed by atoms with E-state index in [0.717, 1.165) is 6.92 Å². The van der Waals surface area contributed by atoms with Gasteiger partial charge in [0.1, 0.15) is 17.4 Å². The van der Waals surface area contributed by atoms with Crippen molar-refractivity contribution in [3.05, 3.63) is 83.6 Å². The summed E-state index contributed by atoms with van der Waals surface area (Å²) in [4.78, 5) is 14.6. The molecule has 32 heavy (non-hydrogen) atoms. The van der Waals surface area contributed by atoms with Crippen LogP contribution in [0.15, 0.2) is 66.7 Å². The number of hydrogen-bond donors (Lipinski definition) is 0. The van der Waals surface area contributed by atoms with Crippen LogP contribution in [-0.2, 0) is 9.67 Å². The van der Waals surface area contributed by atoms with Gasteiger partial charge in [-0.25, -0.2) is 4.98 Å². The Morgan fingerprint density at radius 3 is 2.22 bits per heavy atom. The number of esters is 1. The van der Waals surface area contributed by atoms with E-state index in [1.165, 1.54) is 36.4 Å². The van der Waals surface area contributed by atoms with Crippen LogP contribution in [0.4, 0.5) is 13.2 Å². The van der Waals surface area contributed by atoms with Crippen LogP contribution in [0.5, 0.6) is 17.4 Å². The maximum Gasteiger partial charge on any atom is 0.401 e. The molecule has 1 aromatic heterocycles. The van der Waals surface area contributed by atoms with Gasteiger partial charge >= 0.3 is 12.1 Å². The van der Waals surface area contributed by atoms with Crippen molar-refractivity contribution >= 4 is 17.6 Å². The highest BCUT2D eigenvalue weighted by Crippen LogP contribution is 2.48. The second-order valence-electron chi connectivity index (χ2n) is 7.57. The van der Waals surface area contributed by atoms with Gasteiger partial charge in [0, 0.05) is 18.6 Å². The first-order valence-corrected chi connectivity index (χ1v) is 10.1. The largest absolute Gasteiger partial charge is 0.439 e. The predicted octanol–water partition coefficient (Wildman–Crippen LogP) is 6.97. The molecule has 0 amide bonds. The molecule has 3 aromatic rings. The summed E-state index contributed by atoms with van der Waals surface area (Å²) in [6, 6.07) is 17.0. The molecule has 0 spiro atoms. The standard InChI is InChI=1S/C24H21ClF3NO3/c1-15(30)31-19-13-7-11-17(23(2,3)25)21(19)22(24(26,27)28)18-12-8-14-20(29-18)32-16-9-5-4-6-10-16/h4-14,22H,1-3H3. The highest BCUT2D eigenvalue weighted by Gasteiger charge is 2.47. The number of alkyl halides is 4. The van der Waals surface area contributed by atoms with Crippen LogP contribution >= 0.6 is 11.6 Å². The second-order valence-corrected chi connectivity index (χ2v) is 8.52. The van der Waals surface area contributed by atoms with Crippen molar-refractivity contribution in [3.63, 3.8) is 0 Å². The molecule has 0 aliphatic heterocycles. The molecule has 0 bridgehead atoms. The van der Waals surface area contributed by atoms with Gasteiger partial charge in [0.15, 0.2) is 0 Å². The quantitative estimate of drug-likeness (QED) is 0.225. The second kappa shape index (κ2) is 9.20. The summed E-state index contributed by atoms with van der Waals surface area (Å²) in [5.74, 6) is -2.73. The van der Waals surface area contributed by atoms with Crippen LogP contribution in [-0.4, -0.2) is 17.1 Å². The number of halogens is 4. The summed E-state index contributed by atoms with van der Waals surface area (Å²) in [6.07, 6.45) is -4.76. The van der Waals surface area contributed by atoms with E-state index in [1.807, 2.05) is 0 Å². The molecule has 0 fully saturated rings. The summed E-state index contributed by atoms with van der Waals surface area (Å²) in [7, 11) is 0. The first-order chi connectivity index (χ1) is 15.0. The molecule has 168 valence electrons. The van der Waals surface area contributed by atoms with E-state index in [-0.39, 0.29) is 28.5 Å². The minimum atomic E-state index is -4.76. The van der Waals surface area contributed by atoms with Crippen LogP contribution in [0.25, 0.3) is 0 Å². The fourth-order valence-corrected chi connectivity index (χ4v) is 3.51. The van der Waals surface area contributed by atoms with Gasteiger partial charge in [0.2, 0.25) is 5.88 Å². The Labute approximate surface area is 189 Å². The smallest absolute Gasteiger partial charge is 0.401 e. The van der Waals surface area contributed by atoms with Crippen LogP contribution in [0.3, 0.4) is 0 Å². The lowest BCUT2D eigenvalue weighted by atomic mass is 9.85. The molecule has 1 atom stereocenters. The number of para-hydroxylation sites is 1. The number of benzene rings is 2. The minimum absolute atomic E-state index is 0.000369. The highest BCUT2D eigenvalue weighted by atomic mass is 35.5. The van der Waals surface area contributed by atoms with Crippen molar-refractivity contribution in [1.29, 1.82) is 0 Å². The minimum Gasteiger partial charge on any atom is -0.439 e. The average Bonchev–Trinajstić information content (AvgIpc) is 2.68. The monoisotopic (exact) mass is 463 g/mol. The van der Waals surface area contributed by atoms with Gasteiger partial charge in [-0.3, -0.25) is 4.79 Å². The topological polar surface area (TPSA) is 48.4 Å². The average molecular weight is 464 g/mol. The van der Waals surface area contributed by atoms with Gasteiger partial charge in [-0.15, -0.1) is 11.6 Å².